The molecule has 0 aromatic carbocycles. The molecular formula is C10H14F3N3O3. The first kappa shape index (κ1) is 15.4. The van der Waals surface area contributed by atoms with Crippen LogP contribution < -0.4 is 5.73 Å². The van der Waals surface area contributed by atoms with Crippen LogP contribution in [0.2, 0.25) is 0 Å². The molecule has 1 aromatic rings. The molecule has 1 rings (SSSR count). The van der Waals surface area contributed by atoms with Gasteiger partial charge in [-0.25, -0.2) is 4.79 Å². The van der Waals surface area contributed by atoms with Crippen LogP contribution >= 0.6 is 0 Å². The molecule has 6 nitrogen and oxygen atoms in total. The van der Waals surface area contributed by atoms with Crippen LogP contribution in [0.1, 0.15) is 12.1 Å². The third kappa shape index (κ3) is 2.87. The maximum absolute atomic E-state index is 12.9. The SMILES string of the molecule is COCCCn1nccc1C(N)(C(=O)O)C(F)(F)F. The average molecular weight is 281 g/mol. The highest BCUT2D eigenvalue weighted by atomic mass is 19.4. The van der Waals surface area contributed by atoms with Crippen molar-refractivity contribution < 1.29 is 27.8 Å². The quantitative estimate of drug-likeness (QED) is 0.750. The van der Waals surface area contributed by atoms with Gasteiger partial charge in [-0.05, 0) is 12.5 Å². The number of ether oxygens (including phenoxy) is 1. The van der Waals surface area contributed by atoms with E-state index in [0.717, 1.165) is 16.9 Å². The van der Waals surface area contributed by atoms with Gasteiger partial charge >= 0.3 is 12.1 Å². The molecule has 1 heterocycles. The number of carboxylic acids is 1. The van der Waals surface area contributed by atoms with Gasteiger partial charge in [0, 0.05) is 26.5 Å². The minimum atomic E-state index is -5.13. The van der Waals surface area contributed by atoms with Crippen LogP contribution in [0.4, 0.5) is 13.2 Å². The summed E-state index contributed by atoms with van der Waals surface area (Å²) in [5.74, 6) is -2.17. The van der Waals surface area contributed by atoms with Gasteiger partial charge in [-0.15, -0.1) is 0 Å². The molecule has 108 valence electrons. The zero-order chi connectivity index (χ0) is 14.7. The number of nitrogens with two attached hydrogens (primary N) is 1. The zero-order valence-corrected chi connectivity index (χ0v) is 10.1. The molecule has 0 spiro atoms. The molecule has 0 aliphatic carbocycles. The molecule has 0 aliphatic heterocycles. The van der Waals surface area contributed by atoms with Crippen LogP contribution in [0, 0.1) is 0 Å². The fourth-order valence-electron chi connectivity index (χ4n) is 1.58. The largest absolute Gasteiger partial charge is 0.479 e. The summed E-state index contributed by atoms with van der Waals surface area (Å²) in [7, 11) is 1.45. The first-order valence-corrected chi connectivity index (χ1v) is 5.35. The van der Waals surface area contributed by atoms with E-state index in [2.05, 4.69) is 5.10 Å². The monoisotopic (exact) mass is 281 g/mol. The summed E-state index contributed by atoms with van der Waals surface area (Å²) in [5.41, 5.74) is 0.989. The summed E-state index contributed by atoms with van der Waals surface area (Å²) in [6.07, 6.45) is -3.66. The highest BCUT2D eigenvalue weighted by Gasteiger charge is 2.61. The number of alkyl halides is 3. The van der Waals surface area contributed by atoms with Crippen molar-refractivity contribution in [1.82, 2.24) is 9.78 Å². The maximum Gasteiger partial charge on any atom is 0.423 e. The number of rotatable bonds is 6. The molecule has 0 amide bonds. The Morgan fingerprint density at radius 1 is 1.58 bits per heavy atom. The van der Waals surface area contributed by atoms with Crippen molar-refractivity contribution in [2.45, 2.75) is 24.7 Å². The van der Waals surface area contributed by atoms with Gasteiger partial charge in [0.1, 0.15) is 0 Å². The highest BCUT2D eigenvalue weighted by Crippen LogP contribution is 2.37. The number of aromatic nitrogens is 2. The number of carboxylic acid groups (broad SMARTS) is 1. The summed E-state index contributed by atoms with van der Waals surface area (Å²) in [5, 5.41) is 12.5. The van der Waals surface area contributed by atoms with E-state index in [1.165, 1.54) is 7.11 Å². The van der Waals surface area contributed by atoms with Crippen LogP contribution in [0.25, 0.3) is 0 Å². The first-order chi connectivity index (χ1) is 8.75. The predicted molar refractivity (Wildman–Crippen MR) is 58.3 cm³/mol. The van der Waals surface area contributed by atoms with E-state index in [1.54, 1.807) is 0 Å². The molecule has 1 aromatic heterocycles. The molecule has 1 unspecified atom stereocenters. The topological polar surface area (TPSA) is 90.4 Å². The Morgan fingerprint density at radius 3 is 2.68 bits per heavy atom. The van der Waals surface area contributed by atoms with Gasteiger partial charge in [0.2, 0.25) is 0 Å². The van der Waals surface area contributed by atoms with Crippen LogP contribution in [0.3, 0.4) is 0 Å². The number of methoxy groups -OCH3 is 1. The van der Waals surface area contributed by atoms with Gasteiger partial charge in [-0.2, -0.15) is 18.3 Å². The van der Waals surface area contributed by atoms with Crippen molar-refractivity contribution in [2.24, 2.45) is 5.73 Å². The van der Waals surface area contributed by atoms with Gasteiger partial charge in [0.15, 0.2) is 0 Å². The Hall–Kier alpha value is -1.61. The molecule has 0 aliphatic rings. The van der Waals surface area contributed by atoms with Crippen molar-refractivity contribution in [3.63, 3.8) is 0 Å². The van der Waals surface area contributed by atoms with E-state index in [9.17, 15) is 18.0 Å². The molecule has 0 saturated carbocycles. The normalized spacial score (nSPS) is 15.2. The Labute approximate surface area is 106 Å². The third-order valence-electron chi connectivity index (χ3n) is 2.62. The number of hydrogen-bond donors (Lipinski definition) is 2. The second-order valence-electron chi connectivity index (χ2n) is 3.90. The van der Waals surface area contributed by atoms with E-state index in [-0.39, 0.29) is 6.54 Å². The van der Waals surface area contributed by atoms with Crippen molar-refractivity contribution in [3.05, 3.63) is 18.0 Å². The van der Waals surface area contributed by atoms with Gasteiger partial charge in [-0.3, -0.25) is 4.68 Å². The van der Waals surface area contributed by atoms with Gasteiger partial charge in [0.25, 0.3) is 5.54 Å². The smallest absolute Gasteiger partial charge is 0.423 e. The van der Waals surface area contributed by atoms with E-state index >= 15 is 0 Å². The zero-order valence-electron chi connectivity index (χ0n) is 10.1. The number of halogens is 3. The summed E-state index contributed by atoms with van der Waals surface area (Å²) in [6.45, 7) is 0.397. The lowest BCUT2D eigenvalue weighted by Crippen LogP contribution is -2.57. The maximum atomic E-state index is 12.9. The lowest BCUT2D eigenvalue weighted by atomic mass is 9.95. The summed E-state index contributed by atoms with van der Waals surface area (Å²) < 4.78 is 44.4. The molecule has 3 N–H and O–H groups in total. The molecule has 0 fully saturated rings. The predicted octanol–water partition coefficient (Wildman–Crippen LogP) is 0.721. The third-order valence-corrected chi connectivity index (χ3v) is 2.62. The van der Waals surface area contributed by atoms with Crippen LogP contribution in [0.5, 0.6) is 0 Å². The van der Waals surface area contributed by atoms with E-state index < -0.39 is 23.4 Å². The molecule has 0 bridgehead atoms. The fourth-order valence-corrected chi connectivity index (χ4v) is 1.58. The Kier molecular flexibility index (Phi) is 4.53. The second-order valence-corrected chi connectivity index (χ2v) is 3.90. The Bertz CT molecular complexity index is 447. The second kappa shape index (κ2) is 5.57. The van der Waals surface area contributed by atoms with E-state index in [0.29, 0.717) is 13.0 Å². The number of hydrogen-bond acceptors (Lipinski definition) is 4. The number of nitrogens with zero attached hydrogens (tertiary/aromatic N) is 2. The number of aliphatic carboxylic acids is 1. The summed E-state index contributed by atoms with van der Waals surface area (Å²) in [6, 6.07) is 0.953. The minimum absolute atomic E-state index is 0.0818. The average Bonchev–Trinajstić information content (AvgIpc) is 2.75. The molecule has 9 heteroatoms. The van der Waals surface area contributed by atoms with E-state index in [1.807, 2.05) is 0 Å². The van der Waals surface area contributed by atoms with Crippen LogP contribution in [0.15, 0.2) is 12.3 Å². The van der Waals surface area contributed by atoms with Crippen molar-refractivity contribution in [2.75, 3.05) is 13.7 Å². The lowest BCUT2D eigenvalue weighted by Gasteiger charge is -2.27. The standard InChI is InChI=1S/C10H14F3N3O3/c1-19-6-2-5-16-7(3-4-15-16)9(14,8(17)18)10(11,12)13/h3-4H,2,5-6,14H2,1H3,(H,17,18). The molecule has 1 atom stereocenters. The Morgan fingerprint density at radius 2 is 2.21 bits per heavy atom. The lowest BCUT2D eigenvalue weighted by molar-refractivity contribution is -0.206. The summed E-state index contributed by atoms with van der Waals surface area (Å²) >= 11 is 0. The van der Waals surface area contributed by atoms with E-state index in [4.69, 9.17) is 15.6 Å². The minimum Gasteiger partial charge on any atom is -0.479 e. The molecule has 0 saturated heterocycles. The summed E-state index contributed by atoms with van der Waals surface area (Å²) in [4.78, 5) is 10.9. The number of aryl methyl sites for hydroxylation is 1. The Balaban J connectivity index is 3.12. The van der Waals surface area contributed by atoms with Crippen molar-refractivity contribution in [1.29, 1.82) is 0 Å². The molecule has 0 radical (unpaired) electrons. The van der Waals surface area contributed by atoms with Crippen LogP contribution in [-0.2, 0) is 21.6 Å². The fraction of sp³-hybridized carbons (Fsp3) is 0.600. The van der Waals surface area contributed by atoms with Gasteiger partial charge in [0.05, 0.1) is 5.69 Å². The van der Waals surface area contributed by atoms with Crippen molar-refractivity contribution >= 4 is 5.97 Å². The molecular weight excluding hydrogens is 267 g/mol. The highest BCUT2D eigenvalue weighted by molar-refractivity contribution is 5.81. The van der Waals surface area contributed by atoms with Crippen LogP contribution in [-0.4, -0.2) is 40.7 Å². The number of carbonyl (C=O) groups is 1. The van der Waals surface area contributed by atoms with Gasteiger partial charge in [-0.1, -0.05) is 0 Å². The van der Waals surface area contributed by atoms with Crippen molar-refractivity contribution in [3.8, 4) is 0 Å². The van der Waals surface area contributed by atoms with Gasteiger partial charge < -0.3 is 15.6 Å². The first-order valence-electron chi connectivity index (χ1n) is 5.35. The molecule has 19 heavy (non-hydrogen) atoms.